The molecule has 2 rings (SSSR count). The number of nitrogens with zero attached hydrogens (tertiary/aromatic N) is 2. The van der Waals surface area contributed by atoms with Crippen LogP contribution in [-0.4, -0.2) is 50.6 Å². The molecular formula is C22H31N3O3S. The van der Waals surface area contributed by atoms with E-state index in [4.69, 9.17) is 4.74 Å². The van der Waals surface area contributed by atoms with Crippen LogP contribution in [0.15, 0.2) is 35.7 Å². The normalized spacial score (nSPS) is 12.0. The number of carbonyl (C=O) groups is 2. The quantitative estimate of drug-likeness (QED) is 0.668. The Morgan fingerprint density at radius 1 is 1.17 bits per heavy atom. The van der Waals surface area contributed by atoms with Crippen LogP contribution in [0.2, 0.25) is 0 Å². The van der Waals surface area contributed by atoms with Gasteiger partial charge in [0.2, 0.25) is 5.91 Å². The van der Waals surface area contributed by atoms with Gasteiger partial charge in [-0.25, -0.2) is 0 Å². The maximum Gasteiger partial charge on any atom is 0.265 e. The largest absolute Gasteiger partial charge is 0.377 e. The summed E-state index contributed by atoms with van der Waals surface area (Å²) in [6.45, 7) is 6.74. The van der Waals surface area contributed by atoms with Crippen molar-refractivity contribution in [1.82, 2.24) is 4.90 Å². The zero-order valence-electron chi connectivity index (χ0n) is 18.1. The van der Waals surface area contributed by atoms with E-state index in [0.29, 0.717) is 23.0 Å². The Morgan fingerprint density at radius 2 is 1.90 bits per heavy atom. The molecule has 0 saturated heterocycles. The number of ether oxygens (including phenoxy) is 1. The standard InChI is InChI=1S/C22H31N3O3S/c1-15(2)16(3)25(21(26)14-28-6)13-17-12-18(9-10-19(17)24(4)5)23-22(27)20-8-7-11-29-20/h7-12,15-16H,13-14H2,1-6H3,(H,23,27)/t16-/m1/s1. The summed E-state index contributed by atoms with van der Waals surface area (Å²) in [5.41, 5.74) is 2.68. The van der Waals surface area contributed by atoms with Crippen molar-refractivity contribution >= 4 is 34.5 Å². The number of benzene rings is 1. The number of thiophene rings is 1. The number of hydrogen-bond acceptors (Lipinski definition) is 5. The Balaban J connectivity index is 2.33. The Morgan fingerprint density at radius 3 is 2.45 bits per heavy atom. The van der Waals surface area contributed by atoms with Gasteiger partial charge in [0.05, 0.1) is 4.88 Å². The molecule has 2 amide bonds. The van der Waals surface area contributed by atoms with Gasteiger partial charge < -0.3 is 19.9 Å². The highest BCUT2D eigenvalue weighted by atomic mass is 32.1. The Bertz CT molecular complexity index is 819. The first-order valence-electron chi connectivity index (χ1n) is 9.68. The van der Waals surface area contributed by atoms with E-state index in [1.807, 2.05) is 53.5 Å². The first kappa shape index (κ1) is 22.9. The maximum absolute atomic E-state index is 12.7. The fourth-order valence-corrected chi connectivity index (χ4v) is 3.65. The molecule has 1 aromatic heterocycles. The molecule has 29 heavy (non-hydrogen) atoms. The second-order valence-electron chi connectivity index (χ2n) is 7.61. The molecule has 0 fully saturated rings. The number of anilines is 2. The molecule has 2 aromatic rings. The van der Waals surface area contributed by atoms with Crippen molar-refractivity contribution in [3.63, 3.8) is 0 Å². The molecule has 1 N–H and O–H groups in total. The summed E-state index contributed by atoms with van der Waals surface area (Å²) < 4.78 is 5.09. The van der Waals surface area contributed by atoms with Crippen LogP contribution >= 0.6 is 11.3 Å². The summed E-state index contributed by atoms with van der Waals surface area (Å²) in [5, 5.41) is 4.83. The van der Waals surface area contributed by atoms with Crippen molar-refractivity contribution in [3.05, 3.63) is 46.2 Å². The number of amides is 2. The molecular weight excluding hydrogens is 386 g/mol. The van der Waals surface area contributed by atoms with Gasteiger partial charge in [-0.1, -0.05) is 19.9 Å². The minimum atomic E-state index is -0.133. The van der Waals surface area contributed by atoms with Gasteiger partial charge in [0.15, 0.2) is 0 Å². The molecule has 0 aliphatic carbocycles. The monoisotopic (exact) mass is 417 g/mol. The summed E-state index contributed by atoms with van der Waals surface area (Å²) in [7, 11) is 5.47. The zero-order chi connectivity index (χ0) is 21.6. The highest BCUT2D eigenvalue weighted by Gasteiger charge is 2.24. The fourth-order valence-electron chi connectivity index (χ4n) is 3.04. The van der Waals surface area contributed by atoms with Gasteiger partial charge in [-0.3, -0.25) is 9.59 Å². The number of hydrogen-bond donors (Lipinski definition) is 1. The van der Waals surface area contributed by atoms with Crippen molar-refractivity contribution < 1.29 is 14.3 Å². The van der Waals surface area contributed by atoms with Gasteiger partial charge >= 0.3 is 0 Å². The highest BCUT2D eigenvalue weighted by molar-refractivity contribution is 7.12. The SMILES string of the molecule is COCC(=O)N(Cc1cc(NC(=O)c2cccs2)ccc1N(C)C)[C@H](C)C(C)C. The van der Waals surface area contributed by atoms with Gasteiger partial charge in [0.25, 0.3) is 5.91 Å². The molecule has 0 aliphatic heterocycles. The molecule has 0 unspecified atom stereocenters. The smallest absolute Gasteiger partial charge is 0.265 e. The molecule has 1 heterocycles. The van der Waals surface area contributed by atoms with E-state index in [1.165, 1.54) is 18.4 Å². The third-order valence-electron chi connectivity index (χ3n) is 4.95. The molecule has 1 aromatic carbocycles. The third-order valence-corrected chi connectivity index (χ3v) is 5.82. The molecule has 7 heteroatoms. The molecule has 0 saturated carbocycles. The average Bonchev–Trinajstić information content (AvgIpc) is 3.20. The van der Waals surface area contributed by atoms with Crippen LogP contribution in [0.4, 0.5) is 11.4 Å². The Labute approximate surface area is 177 Å². The summed E-state index contributed by atoms with van der Waals surface area (Å²) >= 11 is 1.40. The zero-order valence-corrected chi connectivity index (χ0v) is 18.9. The van der Waals surface area contributed by atoms with Crippen LogP contribution < -0.4 is 10.2 Å². The van der Waals surface area contributed by atoms with Crippen molar-refractivity contribution in [2.24, 2.45) is 5.92 Å². The molecule has 1 atom stereocenters. The van der Waals surface area contributed by atoms with Gasteiger partial charge in [0.1, 0.15) is 6.61 Å². The van der Waals surface area contributed by atoms with E-state index in [1.54, 1.807) is 6.07 Å². The average molecular weight is 418 g/mol. The lowest BCUT2D eigenvalue weighted by molar-refractivity contribution is -0.138. The topological polar surface area (TPSA) is 61.9 Å². The molecule has 0 spiro atoms. The minimum Gasteiger partial charge on any atom is -0.377 e. The van der Waals surface area contributed by atoms with Crippen LogP contribution in [0.25, 0.3) is 0 Å². The van der Waals surface area contributed by atoms with Crippen molar-refractivity contribution in [2.75, 3.05) is 38.0 Å². The van der Waals surface area contributed by atoms with Crippen molar-refractivity contribution in [1.29, 1.82) is 0 Å². The van der Waals surface area contributed by atoms with Gasteiger partial charge in [-0.2, -0.15) is 0 Å². The molecule has 0 bridgehead atoms. The van der Waals surface area contributed by atoms with Gasteiger partial charge in [0, 0.05) is 45.2 Å². The first-order valence-corrected chi connectivity index (χ1v) is 10.6. The lowest BCUT2D eigenvalue weighted by atomic mass is 10.0. The van der Waals surface area contributed by atoms with Crippen molar-refractivity contribution in [3.8, 4) is 0 Å². The third kappa shape index (κ3) is 6.05. The summed E-state index contributed by atoms with van der Waals surface area (Å²) in [5.74, 6) is 0.123. The van der Waals surface area contributed by atoms with Crippen LogP contribution in [0.1, 0.15) is 36.0 Å². The van der Waals surface area contributed by atoms with Crippen LogP contribution in [0, 0.1) is 5.92 Å². The molecule has 0 radical (unpaired) electrons. The van der Waals surface area contributed by atoms with E-state index in [-0.39, 0.29) is 24.5 Å². The number of rotatable bonds is 9. The van der Waals surface area contributed by atoms with Crippen molar-refractivity contribution in [2.45, 2.75) is 33.4 Å². The number of nitrogens with one attached hydrogen (secondary N) is 1. The molecule has 158 valence electrons. The van der Waals surface area contributed by atoms with E-state index < -0.39 is 0 Å². The first-order chi connectivity index (χ1) is 13.7. The van der Waals surface area contributed by atoms with Gasteiger partial charge in [-0.05, 0) is 48.1 Å². The summed E-state index contributed by atoms with van der Waals surface area (Å²) in [6.07, 6.45) is 0. The predicted molar refractivity (Wildman–Crippen MR) is 120 cm³/mol. The Hall–Kier alpha value is -2.38. The Kier molecular flexibility index (Phi) is 8.22. The van der Waals surface area contributed by atoms with Crippen LogP contribution in [0.3, 0.4) is 0 Å². The summed E-state index contributed by atoms with van der Waals surface area (Å²) in [4.78, 5) is 29.7. The van der Waals surface area contributed by atoms with Gasteiger partial charge in [-0.15, -0.1) is 11.3 Å². The highest BCUT2D eigenvalue weighted by Crippen LogP contribution is 2.27. The van der Waals surface area contributed by atoms with E-state index in [9.17, 15) is 9.59 Å². The van der Waals surface area contributed by atoms with E-state index >= 15 is 0 Å². The predicted octanol–water partition coefficient (Wildman–Crippen LogP) is 4.09. The molecule has 0 aliphatic rings. The van der Waals surface area contributed by atoms with E-state index in [2.05, 4.69) is 26.1 Å². The second kappa shape index (κ2) is 10.4. The molecule has 6 nitrogen and oxygen atoms in total. The lowest BCUT2D eigenvalue weighted by Crippen LogP contribution is -2.43. The fraction of sp³-hybridized carbons (Fsp3) is 0.455. The lowest BCUT2D eigenvalue weighted by Gasteiger charge is -2.33. The van der Waals surface area contributed by atoms with Crippen LogP contribution in [0.5, 0.6) is 0 Å². The minimum absolute atomic E-state index is 0.0448. The van der Waals surface area contributed by atoms with E-state index in [0.717, 1.165) is 11.3 Å². The maximum atomic E-state index is 12.7. The second-order valence-corrected chi connectivity index (χ2v) is 8.56. The number of methoxy groups -OCH3 is 1. The van der Waals surface area contributed by atoms with Crippen LogP contribution in [-0.2, 0) is 16.1 Å². The summed E-state index contributed by atoms with van der Waals surface area (Å²) in [6, 6.07) is 9.51. The number of carbonyl (C=O) groups excluding carboxylic acids is 2.